The fourth-order valence-electron chi connectivity index (χ4n) is 3.93. The van der Waals surface area contributed by atoms with Gasteiger partial charge in [-0.2, -0.15) is 0 Å². The largest absolute Gasteiger partial charge is 0.310 e. The first kappa shape index (κ1) is 16.3. The summed E-state index contributed by atoms with van der Waals surface area (Å²) in [5.41, 5.74) is 0.891. The molecule has 0 unspecified atom stereocenters. The van der Waals surface area contributed by atoms with Crippen LogP contribution in [0.1, 0.15) is 52.9 Å². The van der Waals surface area contributed by atoms with E-state index in [2.05, 4.69) is 42.9 Å². The molecule has 0 aromatic rings. The average molecular weight is 281 g/mol. The summed E-state index contributed by atoms with van der Waals surface area (Å²) in [5.74, 6) is 0. The van der Waals surface area contributed by atoms with E-state index >= 15 is 0 Å². The summed E-state index contributed by atoms with van der Waals surface area (Å²) in [5, 5.41) is 3.83. The van der Waals surface area contributed by atoms with Crippen LogP contribution in [-0.2, 0) is 0 Å². The molecule has 0 spiro atoms. The van der Waals surface area contributed by atoms with Gasteiger partial charge in [0.25, 0.3) is 0 Å². The van der Waals surface area contributed by atoms with E-state index in [0.29, 0.717) is 11.0 Å². The minimum atomic E-state index is 0.359. The Bertz CT molecular complexity index is 291. The van der Waals surface area contributed by atoms with Crippen LogP contribution in [-0.4, -0.2) is 61.7 Å². The zero-order chi connectivity index (χ0) is 14.6. The molecule has 0 saturated carbocycles. The first-order chi connectivity index (χ1) is 9.51. The number of nitrogens with zero attached hydrogens (tertiary/aromatic N) is 2. The third-order valence-electron chi connectivity index (χ3n) is 5.83. The van der Waals surface area contributed by atoms with Crippen LogP contribution in [0.25, 0.3) is 0 Å². The van der Waals surface area contributed by atoms with E-state index in [1.165, 1.54) is 71.4 Å². The highest BCUT2D eigenvalue weighted by molar-refractivity contribution is 4.93. The van der Waals surface area contributed by atoms with Crippen LogP contribution in [0.15, 0.2) is 0 Å². The summed E-state index contributed by atoms with van der Waals surface area (Å²) in [4.78, 5) is 5.24. The predicted octanol–water partition coefficient (Wildman–Crippen LogP) is 2.57. The molecule has 0 radical (unpaired) electrons. The summed E-state index contributed by atoms with van der Waals surface area (Å²) in [6.07, 6.45) is 6.52. The van der Waals surface area contributed by atoms with Crippen molar-refractivity contribution >= 4 is 0 Å². The maximum Gasteiger partial charge on any atom is 0.0303 e. The van der Waals surface area contributed by atoms with Gasteiger partial charge in [-0.05, 0) is 70.7 Å². The zero-order valence-electron chi connectivity index (χ0n) is 14.2. The molecule has 3 nitrogen and oxygen atoms in total. The Balaban J connectivity index is 1.97. The highest BCUT2D eigenvalue weighted by Crippen LogP contribution is 2.32. The lowest BCUT2D eigenvalue weighted by Crippen LogP contribution is -2.52. The van der Waals surface area contributed by atoms with E-state index in [9.17, 15) is 0 Å². The Morgan fingerprint density at radius 2 is 1.70 bits per heavy atom. The molecular weight excluding hydrogens is 246 g/mol. The summed E-state index contributed by atoms with van der Waals surface area (Å²) in [7, 11) is 2.26. The molecule has 2 aliphatic heterocycles. The molecule has 118 valence electrons. The normalized spacial score (nSPS) is 28.2. The number of hydrogen-bond acceptors (Lipinski definition) is 3. The van der Waals surface area contributed by atoms with Crippen molar-refractivity contribution in [2.75, 3.05) is 46.3 Å². The molecule has 20 heavy (non-hydrogen) atoms. The van der Waals surface area contributed by atoms with E-state index in [0.717, 1.165) is 0 Å². The third kappa shape index (κ3) is 3.96. The summed E-state index contributed by atoms with van der Waals surface area (Å²) in [6, 6.07) is 0. The molecule has 2 rings (SSSR count). The lowest BCUT2D eigenvalue weighted by atomic mass is 9.79. The van der Waals surface area contributed by atoms with Crippen molar-refractivity contribution in [2.24, 2.45) is 5.41 Å². The third-order valence-corrected chi connectivity index (χ3v) is 5.83. The molecule has 3 heteroatoms. The van der Waals surface area contributed by atoms with Crippen LogP contribution in [0.5, 0.6) is 0 Å². The Kier molecular flexibility index (Phi) is 5.49. The van der Waals surface area contributed by atoms with E-state index in [4.69, 9.17) is 0 Å². The van der Waals surface area contributed by atoms with Gasteiger partial charge >= 0.3 is 0 Å². The van der Waals surface area contributed by atoms with Crippen molar-refractivity contribution in [3.8, 4) is 0 Å². The van der Waals surface area contributed by atoms with Crippen LogP contribution < -0.4 is 5.32 Å². The van der Waals surface area contributed by atoms with Crippen molar-refractivity contribution < 1.29 is 0 Å². The van der Waals surface area contributed by atoms with Gasteiger partial charge < -0.3 is 15.1 Å². The molecule has 1 N–H and O–H groups in total. The topological polar surface area (TPSA) is 18.5 Å². The first-order valence-corrected chi connectivity index (χ1v) is 8.67. The van der Waals surface area contributed by atoms with Gasteiger partial charge in [-0.25, -0.2) is 0 Å². The summed E-state index contributed by atoms with van der Waals surface area (Å²) in [6.45, 7) is 14.8. The Morgan fingerprint density at radius 1 is 1.05 bits per heavy atom. The molecule has 2 aliphatic rings. The monoisotopic (exact) mass is 281 g/mol. The van der Waals surface area contributed by atoms with Gasteiger partial charge in [-0.1, -0.05) is 20.8 Å². The van der Waals surface area contributed by atoms with Crippen LogP contribution >= 0.6 is 0 Å². The van der Waals surface area contributed by atoms with Crippen molar-refractivity contribution in [1.29, 1.82) is 0 Å². The highest BCUT2D eigenvalue weighted by atomic mass is 15.2. The lowest BCUT2D eigenvalue weighted by Gasteiger charge is -2.43. The van der Waals surface area contributed by atoms with Crippen LogP contribution in [0.2, 0.25) is 0 Å². The van der Waals surface area contributed by atoms with E-state index in [-0.39, 0.29) is 0 Å². The summed E-state index contributed by atoms with van der Waals surface area (Å²) < 4.78 is 0. The van der Waals surface area contributed by atoms with Crippen LogP contribution in [0.3, 0.4) is 0 Å². The molecule has 0 atom stereocenters. The molecule has 0 aromatic heterocycles. The van der Waals surface area contributed by atoms with Crippen molar-refractivity contribution in [2.45, 2.75) is 58.4 Å². The molecule has 2 fully saturated rings. The van der Waals surface area contributed by atoms with Gasteiger partial charge in [0.1, 0.15) is 0 Å². The Labute approximate surface area is 126 Å². The molecule has 0 aliphatic carbocycles. The molecule has 0 amide bonds. The highest BCUT2D eigenvalue weighted by Gasteiger charge is 2.35. The minimum Gasteiger partial charge on any atom is -0.310 e. The SMILES string of the molecule is CCC1(CC)CN(CC2(C)CCN(C)CC2)CCCN1. The molecule has 2 heterocycles. The predicted molar refractivity (Wildman–Crippen MR) is 87.2 cm³/mol. The second-order valence-electron chi connectivity index (χ2n) is 7.59. The number of rotatable bonds is 4. The molecule has 0 aromatic carbocycles. The molecular formula is C17H35N3. The number of hydrogen-bond donors (Lipinski definition) is 1. The second-order valence-corrected chi connectivity index (χ2v) is 7.59. The number of nitrogens with one attached hydrogen (secondary N) is 1. The maximum atomic E-state index is 3.83. The maximum absolute atomic E-state index is 3.83. The Hall–Kier alpha value is -0.120. The standard InChI is InChI=1S/C17H35N3/c1-5-17(6-2)15-20(11-7-10-18-17)14-16(3)8-12-19(4)13-9-16/h18H,5-15H2,1-4H3. The van der Waals surface area contributed by atoms with Crippen LogP contribution in [0, 0.1) is 5.41 Å². The molecule has 0 bridgehead atoms. The van der Waals surface area contributed by atoms with Gasteiger partial charge in [0.2, 0.25) is 0 Å². The van der Waals surface area contributed by atoms with E-state index in [1.54, 1.807) is 0 Å². The number of piperidine rings is 1. The van der Waals surface area contributed by atoms with Gasteiger partial charge in [0.05, 0.1) is 0 Å². The Morgan fingerprint density at radius 3 is 2.30 bits per heavy atom. The molecule has 2 saturated heterocycles. The average Bonchev–Trinajstić information content (AvgIpc) is 2.65. The number of likely N-dealkylation sites (tertiary alicyclic amines) is 1. The zero-order valence-corrected chi connectivity index (χ0v) is 14.2. The van der Waals surface area contributed by atoms with E-state index in [1.807, 2.05) is 0 Å². The van der Waals surface area contributed by atoms with Crippen molar-refractivity contribution in [3.63, 3.8) is 0 Å². The van der Waals surface area contributed by atoms with E-state index < -0.39 is 0 Å². The smallest absolute Gasteiger partial charge is 0.0303 e. The van der Waals surface area contributed by atoms with Gasteiger partial charge in [0, 0.05) is 18.6 Å². The fourth-order valence-corrected chi connectivity index (χ4v) is 3.93. The first-order valence-electron chi connectivity index (χ1n) is 8.67. The fraction of sp³-hybridized carbons (Fsp3) is 1.00. The van der Waals surface area contributed by atoms with Gasteiger partial charge in [-0.3, -0.25) is 0 Å². The van der Waals surface area contributed by atoms with Crippen LogP contribution in [0.4, 0.5) is 0 Å². The lowest BCUT2D eigenvalue weighted by molar-refractivity contribution is 0.0752. The van der Waals surface area contributed by atoms with Gasteiger partial charge in [0.15, 0.2) is 0 Å². The van der Waals surface area contributed by atoms with Crippen molar-refractivity contribution in [1.82, 2.24) is 15.1 Å². The van der Waals surface area contributed by atoms with Gasteiger partial charge in [-0.15, -0.1) is 0 Å². The minimum absolute atomic E-state index is 0.359. The summed E-state index contributed by atoms with van der Waals surface area (Å²) >= 11 is 0. The second kappa shape index (κ2) is 6.76. The van der Waals surface area contributed by atoms with Crippen molar-refractivity contribution in [3.05, 3.63) is 0 Å². The quantitative estimate of drug-likeness (QED) is 0.854.